The summed E-state index contributed by atoms with van der Waals surface area (Å²) in [6, 6.07) is 13.7. The van der Waals surface area contributed by atoms with Gasteiger partial charge in [0.1, 0.15) is 0 Å². The SMILES string of the molecule is O=C1NCCc2c(NC(=O)c3cc(=O)[nH]c4ccccc34)cccc21. The monoisotopic (exact) mass is 333 g/mol. The maximum Gasteiger partial charge on any atom is 0.256 e. The number of amides is 2. The summed E-state index contributed by atoms with van der Waals surface area (Å²) in [5.74, 6) is -0.513. The molecule has 0 radical (unpaired) electrons. The number of carbonyl (C=O) groups excluding carboxylic acids is 2. The van der Waals surface area contributed by atoms with Crippen molar-refractivity contribution in [2.24, 2.45) is 0 Å². The molecular weight excluding hydrogens is 318 g/mol. The van der Waals surface area contributed by atoms with Crippen molar-refractivity contribution in [3.05, 3.63) is 75.6 Å². The van der Waals surface area contributed by atoms with Crippen LogP contribution in [0.5, 0.6) is 0 Å². The van der Waals surface area contributed by atoms with E-state index in [-0.39, 0.29) is 17.4 Å². The summed E-state index contributed by atoms with van der Waals surface area (Å²) >= 11 is 0. The number of carbonyl (C=O) groups is 2. The summed E-state index contributed by atoms with van der Waals surface area (Å²) in [7, 11) is 0. The topological polar surface area (TPSA) is 91.1 Å². The third-order valence-corrected chi connectivity index (χ3v) is 4.32. The molecule has 25 heavy (non-hydrogen) atoms. The first-order valence-electron chi connectivity index (χ1n) is 7.97. The number of aromatic nitrogens is 1. The smallest absolute Gasteiger partial charge is 0.256 e. The lowest BCUT2D eigenvalue weighted by Gasteiger charge is -2.20. The molecule has 2 heterocycles. The summed E-state index contributed by atoms with van der Waals surface area (Å²) in [6.07, 6.45) is 0.646. The third-order valence-electron chi connectivity index (χ3n) is 4.32. The number of nitrogens with one attached hydrogen (secondary N) is 3. The fourth-order valence-electron chi connectivity index (χ4n) is 3.16. The van der Waals surface area contributed by atoms with Crippen molar-refractivity contribution in [2.75, 3.05) is 11.9 Å². The van der Waals surface area contributed by atoms with Crippen molar-refractivity contribution in [2.45, 2.75) is 6.42 Å². The standard InChI is InChI=1S/C19H15N3O3/c23-17-10-14(11-4-1-2-6-15(11)21-17)19(25)22-16-7-3-5-13-12(16)8-9-20-18(13)24/h1-7,10H,8-9H2,(H,20,24)(H,21,23)(H,22,25). The molecule has 0 unspecified atom stereocenters. The van der Waals surface area contributed by atoms with Crippen LogP contribution in [0.15, 0.2) is 53.3 Å². The van der Waals surface area contributed by atoms with Gasteiger partial charge >= 0.3 is 0 Å². The molecule has 0 spiro atoms. The molecule has 1 aliphatic rings. The molecule has 3 N–H and O–H groups in total. The van der Waals surface area contributed by atoms with Crippen molar-refractivity contribution in [3.8, 4) is 0 Å². The zero-order chi connectivity index (χ0) is 17.4. The number of aromatic amines is 1. The van der Waals surface area contributed by atoms with Gasteiger partial charge in [-0.2, -0.15) is 0 Å². The van der Waals surface area contributed by atoms with E-state index >= 15 is 0 Å². The summed E-state index contributed by atoms with van der Waals surface area (Å²) in [6.45, 7) is 0.534. The highest BCUT2D eigenvalue weighted by Crippen LogP contribution is 2.24. The molecule has 3 aromatic rings. The predicted molar refractivity (Wildman–Crippen MR) is 95.0 cm³/mol. The van der Waals surface area contributed by atoms with Gasteiger partial charge in [0.2, 0.25) is 5.56 Å². The lowest BCUT2D eigenvalue weighted by atomic mass is 9.98. The second-order valence-electron chi connectivity index (χ2n) is 5.88. The van der Waals surface area contributed by atoms with Gasteiger partial charge in [0.25, 0.3) is 11.8 Å². The summed E-state index contributed by atoms with van der Waals surface area (Å²) in [5.41, 5.74) is 2.56. The minimum Gasteiger partial charge on any atom is -0.352 e. The van der Waals surface area contributed by atoms with Crippen LogP contribution in [0.2, 0.25) is 0 Å². The highest BCUT2D eigenvalue weighted by Gasteiger charge is 2.21. The molecule has 0 saturated carbocycles. The van der Waals surface area contributed by atoms with Crippen LogP contribution in [0, 0.1) is 0 Å². The number of hydrogen-bond donors (Lipinski definition) is 3. The Balaban J connectivity index is 1.76. The molecule has 2 aromatic carbocycles. The first-order chi connectivity index (χ1) is 12.1. The average molecular weight is 333 g/mol. The Kier molecular flexibility index (Phi) is 3.57. The average Bonchev–Trinajstić information content (AvgIpc) is 2.62. The first-order valence-corrected chi connectivity index (χ1v) is 7.97. The van der Waals surface area contributed by atoms with Crippen LogP contribution in [0.25, 0.3) is 10.9 Å². The van der Waals surface area contributed by atoms with E-state index in [2.05, 4.69) is 15.6 Å². The van der Waals surface area contributed by atoms with Crippen molar-refractivity contribution in [1.29, 1.82) is 0 Å². The zero-order valence-corrected chi connectivity index (χ0v) is 13.3. The van der Waals surface area contributed by atoms with Gasteiger partial charge in [0.15, 0.2) is 0 Å². The summed E-state index contributed by atoms with van der Waals surface area (Å²) < 4.78 is 0. The number of benzene rings is 2. The number of fused-ring (bicyclic) bond motifs is 2. The first kappa shape index (κ1) is 15.1. The lowest BCUT2D eigenvalue weighted by Crippen LogP contribution is -2.32. The number of rotatable bonds is 2. The van der Waals surface area contributed by atoms with Crippen LogP contribution >= 0.6 is 0 Å². The lowest BCUT2D eigenvalue weighted by molar-refractivity contribution is 0.0944. The van der Waals surface area contributed by atoms with Crippen LogP contribution in [-0.4, -0.2) is 23.3 Å². The third kappa shape index (κ3) is 2.67. The highest BCUT2D eigenvalue weighted by molar-refractivity contribution is 6.13. The molecule has 1 aromatic heterocycles. The Morgan fingerprint density at radius 1 is 1.04 bits per heavy atom. The van der Waals surface area contributed by atoms with E-state index in [1.54, 1.807) is 36.4 Å². The van der Waals surface area contributed by atoms with Gasteiger partial charge in [-0.05, 0) is 30.2 Å². The van der Waals surface area contributed by atoms with Crippen molar-refractivity contribution < 1.29 is 9.59 Å². The Labute approximate surface area is 142 Å². The number of anilines is 1. The van der Waals surface area contributed by atoms with E-state index < -0.39 is 0 Å². The normalized spacial score (nSPS) is 13.2. The maximum absolute atomic E-state index is 12.8. The van der Waals surface area contributed by atoms with Crippen LogP contribution in [0.1, 0.15) is 26.3 Å². The van der Waals surface area contributed by atoms with Crippen LogP contribution in [0.3, 0.4) is 0 Å². The van der Waals surface area contributed by atoms with Crippen LogP contribution < -0.4 is 16.2 Å². The number of para-hydroxylation sites is 1. The predicted octanol–water partition coefficient (Wildman–Crippen LogP) is 2.07. The minimum absolute atomic E-state index is 0.140. The van der Waals surface area contributed by atoms with Gasteiger partial charge < -0.3 is 15.6 Å². The van der Waals surface area contributed by atoms with E-state index in [1.807, 2.05) is 6.07 Å². The Morgan fingerprint density at radius 3 is 2.76 bits per heavy atom. The van der Waals surface area contributed by atoms with Gasteiger partial charge in [-0.25, -0.2) is 0 Å². The molecule has 1 aliphatic heterocycles. The van der Waals surface area contributed by atoms with Gasteiger partial charge in [0.05, 0.1) is 5.56 Å². The molecule has 124 valence electrons. The molecule has 0 bridgehead atoms. The quantitative estimate of drug-likeness (QED) is 0.670. The van der Waals surface area contributed by atoms with Crippen molar-refractivity contribution in [3.63, 3.8) is 0 Å². The molecule has 0 fully saturated rings. The van der Waals surface area contributed by atoms with Gasteiger partial charge in [-0.15, -0.1) is 0 Å². The molecule has 0 aliphatic carbocycles. The van der Waals surface area contributed by atoms with E-state index in [1.165, 1.54) is 6.07 Å². The molecule has 0 atom stereocenters. The van der Waals surface area contributed by atoms with Crippen LogP contribution in [0.4, 0.5) is 5.69 Å². The van der Waals surface area contributed by atoms with Crippen molar-refractivity contribution in [1.82, 2.24) is 10.3 Å². The number of pyridine rings is 1. The summed E-state index contributed by atoms with van der Waals surface area (Å²) in [4.78, 5) is 39.3. The van der Waals surface area contributed by atoms with Gasteiger partial charge in [-0.1, -0.05) is 24.3 Å². The largest absolute Gasteiger partial charge is 0.352 e. The second-order valence-corrected chi connectivity index (χ2v) is 5.88. The van der Waals surface area contributed by atoms with E-state index in [9.17, 15) is 14.4 Å². The van der Waals surface area contributed by atoms with E-state index in [0.717, 1.165) is 5.56 Å². The highest BCUT2D eigenvalue weighted by atomic mass is 16.2. The van der Waals surface area contributed by atoms with Gasteiger partial charge in [-0.3, -0.25) is 14.4 Å². The molecule has 2 amide bonds. The molecular formula is C19H15N3O3. The fraction of sp³-hybridized carbons (Fsp3) is 0.105. The van der Waals surface area contributed by atoms with Gasteiger partial charge in [0, 0.05) is 34.8 Å². The van der Waals surface area contributed by atoms with E-state index in [0.29, 0.717) is 40.7 Å². The zero-order valence-electron chi connectivity index (χ0n) is 13.3. The van der Waals surface area contributed by atoms with Crippen LogP contribution in [-0.2, 0) is 6.42 Å². The molecule has 0 saturated heterocycles. The molecule has 6 heteroatoms. The Morgan fingerprint density at radius 2 is 1.88 bits per heavy atom. The fourth-order valence-corrected chi connectivity index (χ4v) is 3.16. The Bertz CT molecular complexity index is 1070. The van der Waals surface area contributed by atoms with E-state index in [4.69, 9.17) is 0 Å². The van der Waals surface area contributed by atoms with Crippen molar-refractivity contribution >= 4 is 28.4 Å². The number of hydrogen-bond acceptors (Lipinski definition) is 3. The maximum atomic E-state index is 12.8. The number of H-pyrrole nitrogens is 1. The molecule has 4 rings (SSSR count). The minimum atomic E-state index is -0.373. The molecule has 6 nitrogen and oxygen atoms in total. The summed E-state index contributed by atoms with van der Waals surface area (Å²) in [5, 5.41) is 6.31. The second kappa shape index (κ2) is 5.90. The Hall–Kier alpha value is -3.41.